The molecule has 0 saturated heterocycles. The standard InChI is InChI=1S/C13H19NO2S/c1-2-13(9-6-10-13)11-14-17(15,16)12-7-4-3-5-8-12/h3-5,7-8,14H,2,6,9-11H2,1H3. The van der Waals surface area contributed by atoms with Crippen molar-refractivity contribution in [1.29, 1.82) is 0 Å². The van der Waals surface area contributed by atoms with Gasteiger partial charge in [0, 0.05) is 6.54 Å². The Balaban J connectivity index is 2.04. The van der Waals surface area contributed by atoms with Crippen LogP contribution in [-0.4, -0.2) is 15.0 Å². The molecule has 94 valence electrons. The smallest absolute Gasteiger partial charge is 0.211 e. The summed E-state index contributed by atoms with van der Waals surface area (Å²) < 4.78 is 26.8. The molecule has 1 saturated carbocycles. The molecule has 0 bridgehead atoms. The molecule has 1 aliphatic carbocycles. The van der Waals surface area contributed by atoms with Crippen molar-refractivity contribution in [1.82, 2.24) is 4.72 Å². The SMILES string of the molecule is CCC1(CNS(=O)(=O)c2ccccc2)CCC1. The van der Waals surface area contributed by atoms with Gasteiger partial charge < -0.3 is 0 Å². The van der Waals surface area contributed by atoms with Gasteiger partial charge in [-0.05, 0) is 36.8 Å². The third kappa shape index (κ3) is 2.69. The van der Waals surface area contributed by atoms with Crippen LogP contribution in [0.15, 0.2) is 35.2 Å². The zero-order valence-corrected chi connectivity index (χ0v) is 11.0. The van der Waals surface area contributed by atoms with Gasteiger partial charge in [-0.25, -0.2) is 13.1 Å². The van der Waals surface area contributed by atoms with Crippen molar-refractivity contribution < 1.29 is 8.42 Å². The summed E-state index contributed by atoms with van der Waals surface area (Å²) in [5.41, 5.74) is 0.210. The maximum atomic E-state index is 12.0. The molecule has 17 heavy (non-hydrogen) atoms. The number of hydrogen-bond donors (Lipinski definition) is 1. The van der Waals surface area contributed by atoms with Crippen LogP contribution in [0, 0.1) is 5.41 Å². The van der Waals surface area contributed by atoms with Crippen LogP contribution in [-0.2, 0) is 10.0 Å². The molecule has 0 unspecified atom stereocenters. The second-order valence-electron chi connectivity index (χ2n) is 4.84. The predicted molar refractivity (Wildman–Crippen MR) is 68.2 cm³/mol. The van der Waals surface area contributed by atoms with Gasteiger partial charge in [0.15, 0.2) is 0 Å². The van der Waals surface area contributed by atoms with Crippen molar-refractivity contribution in [3.8, 4) is 0 Å². The summed E-state index contributed by atoms with van der Waals surface area (Å²) in [7, 11) is -3.33. The van der Waals surface area contributed by atoms with Crippen LogP contribution < -0.4 is 4.72 Å². The maximum absolute atomic E-state index is 12.0. The second kappa shape index (κ2) is 4.78. The van der Waals surface area contributed by atoms with E-state index in [-0.39, 0.29) is 5.41 Å². The molecule has 0 aliphatic heterocycles. The van der Waals surface area contributed by atoms with Crippen LogP contribution in [0.1, 0.15) is 32.6 Å². The molecular weight excluding hydrogens is 234 g/mol. The van der Waals surface area contributed by atoms with Crippen LogP contribution >= 0.6 is 0 Å². The average Bonchev–Trinajstić information content (AvgIpc) is 2.29. The molecule has 0 aromatic heterocycles. The highest BCUT2D eigenvalue weighted by atomic mass is 32.2. The molecule has 1 aliphatic rings. The van der Waals surface area contributed by atoms with Gasteiger partial charge in [0.25, 0.3) is 0 Å². The van der Waals surface area contributed by atoms with E-state index in [1.165, 1.54) is 6.42 Å². The lowest BCUT2D eigenvalue weighted by Crippen LogP contribution is -2.41. The van der Waals surface area contributed by atoms with E-state index in [4.69, 9.17) is 0 Å². The fraction of sp³-hybridized carbons (Fsp3) is 0.538. The lowest BCUT2D eigenvalue weighted by Gasteiger charge is -2.41. The molecular formula is C13H19NO2S. The third-order valence-electron chi connectivity index (χ3n) is 3.85. The van der Waals surface area contributed by atoms with E-state index in [1.807, 2.05) is 6.07 Å². The van der Waals surface area contributed by atoms with Gasteiger partial charge in [-0.3, -0.25) is 0 Å². The molecule has 3 nitrogen and oxygen atoms in total. The Bertz CT molecular complexity index is 458. The summed E-state index contributed by atoms with van der Waals surface area (Å²) in [6, 6.07) is 8.56. The van der Waals surface area contributed by atoms with Gasteiger partial charge in [0.2, 0.25) is 10.0 Å². The molecule has 0 spiro atoms. The number of rotatable bonds is 5. The van der Waals surface area contributed by atoms with Gasteiger partial charge in [0.1, 0.15) is 0 Å². The lowest BCUT2D eigenvalue weighted by atomic mass is 9.67. The first-order valence-corrected chi connectivity index (χ1v) is 7.61. The van der Waals surface area contributed by atoms with Crippen molar-refractivity contribution >= 4 is 10.0 Å². The highest BCUT2D eigenvalue weighted by molar-refractivity contribution is 7.89. The van der Waals surface area contributed by atoms with E-state index < -0.39 is 10.0 Å². The van der Waals surface area contributed by atoms with Crippen LogP contribution in [0.2, 0.25) is 0 Å². The van der Waals surface area contributed by atoms with Crippen molar-refractivity contribution in [3.05, 3.63) is 30.3 Å². The first-order chi connectivity index (χ1) is 8.08. The summed E-state index contributed by atoms with van der Waals surface area (Å²) in [6.07, 6.45) is 4.55. The quantitative estimate of drug-likeness (QED) is 0.876. The Labute approximate surface area is 103 Å². The highest BCUT2D eigenvalue weighted by Gasteiger charge is 2.35. The molecule has 1 N–H and O–H groups in total. The predicted octanol–water partition coefficient (Wildman–Crippen LogP) is 2.55. The van der Waals surface area contributed by atoms with E-state index in [9.17, 15) is 8.42 Å². The minimum absolute atomic E-state index is 0.210. The first kappa shape index (κ1) is 12.6. The molecule has 0 atom stereocenters. The van der Waals surface area contributed by atoms with E-state index >= 15 is 0 Å². The molecule has 0 heterocycles. The van der Waals surface area contributed by atoms with E-state index in [2.05, 4.69) is 11.6 Å². The monoisotopic (exact) mass is 253 g/mol. The molecule has 4 heteroatoms. The molecule has 0 amide bonds. The van der Waals surface area contributed by atoms with Crippen molar-refractivity contribution in [2.24, 2.45) is 5.41 Å². The van der Waals surface area contributed by atoms with E-state index in [0.717, 1.165) is 19.3 Å². The van der Waals surface area contributed by atoms with Crippen LogP contribution in [0.4, 0.5) is 0 Å². The van der Waals surface area contributed by atoms with Gasteiger partial charge in [-0.1, -0.05) is 31.5 Å². The Morgan fingerprint density at radius 1 is 1.24 bits per heavy atom. The largest absolute Gasteiger partial charge is 0.240 e. The van der Waals surface area contributed by atoms with Crippen molar-refractivity contribution in [2.75, 3.05) is 6.54 Å². The lowest BCUT2D eigenvalue weighted by molar-refractivity contribution is 0.133. The highest BCUT2D eigenvalue weighted by Crippen LogP contribution is 2.43. The van der Waals surface area contributed by atoms with Crippen molar-refractivity contribution in [2.45, 2.75) is 37.5 Å². The van der Waals surface area contributed by atoms with Gasteiger partial charge in [0.05, 0.1) is 4.90 Å². The van der Waals surface area contributed by atoms with E-state index in [1.54, 1.807) is 24.3 Å². The van der Waals surface area contributed by atoms with Gasteiger partial charge in [-0.2, -0.15) is 0 Å². The zero-order chi connectivity index (χ0) is 12.4. The summed E-state index contributed by atoms with van der Waals surface area (Å²) in [5.74, 6) is 0. The number of sulfonamides is 1. The van der Waals surface area contributed by atoms with Crippen LogP contribution in [0.5, 0.6) is 0 Å². The molecule has 0 radical (unpaired) electrons. The fourth-order valence-corrected chi connectivity index (χ4v) is 3.44. The number of nitrogens with one attached hydrogen (secondary N) is 1. The Morgan fingerprint density at radius 3 is 2.35 bits per heavy atom. The normalized spacial score (nSPS) is 18.6. The zero-order valence-electron chi connectivity index (χ0n) is 10.1. The van der Waals surface area contributed by atoms with Gasteiger partial charge in [-0.15, -0.1) is 0 Å². The molecule has 1 aromatic carbocycles. The van der Waals surface area contributed by atoms with Crippen LogP contribution in [0.3, 0.4) is 0 Å². The Morgan fingerprint density at radius 2 is 1.88 bits per heavy atom. The second-order valence-corrected chi connectivity index (χ2v) is 6.61. The topological polar surface area (TPSA) is 46.2 Å². The first-order valence-electron chi connectivity index (χ1n) is 6.13. The number of benzene rings is 1. The Kier molecular flexibility index (Phi) is 3.54. The number of hydrogen-bond acceptors (Lipinski definition) is 2. The summed E-state index contributed by atoms with van der Waals surface area (Å²) in [4.78, 5) is 0.352. The summed E-state index contributed by atoms with van der Waals surface area (Å²) in [6.45, 7) is 2.71. The fourth-order valence-electron chi connectivity index (χ4n) is 2.26. The van der Waals surface area contributed by atoms with E-state index in [0.29, 0.717) is 11.4 Å². The third-order valence-corrected chi connectivity index (χ3v) is 5.27. The molecule has 1 aromatic rings. The minimum Gasteiger partial charge on any atom is -0.211 e. The Hall–Kier alpha value is -0.870. The average molecular weight is 253 g/mol. The van der Waals surface area contributed by atoms with Crippen molar-refractivity contribution in [3.63, 3.8) is 0 Å². The maximum Gasteiger partial charge on any atom is 0.240 e. The molecule has 2 rings (SSSR count). The van der Waals surface area contributed by atoms with Crippen LogP contribution in [0.25, 0.3) is 0 Å². The van der Waals surface area contributed by atoms with Gasteiger partial charge >= 0.3 is 0 Å². The minimum atomic E-state index is -3.33. The molecule has 1 fully saturated rings. The summed E-state index contributed by atoms with van der Waals surface area (Å²) >= 11 is 0. The summed E-state index contributed by atoms with van der Waals surface area (Å²) in [5, 5.41) is 0.